The van der Waals surface area contributed by atoms with Gasteiger partial charge in [0.2, 0.25) is 0 Å². The highest BCUT2D eigenvalue weighted by atomic mass is 15.2. The highest BCUT2D eigenvalue weighted by Gasteiger charge is 2.16. The third-order valence-corrected chi connectivity index (χ3v) is 3.42. The molecule has 1 aliphatic heterocycles. The van der Waals surface area contributed by atoms with E-state index in [2.05, 4.69) is 15.4 Å². The molecule has 1 fully saturated rings. The minimum Gasteiger partial charge on any atom is -0.396 e. The smallest absolute Gasteiger partial charge is 0.158 e. The standard InChI is InChI=1S/C12H17N5/c13-11-7-15-12-10(6-16-17(12)8-11)5-9-1-3-14-4-2-9/h6-9,14H,1-5,13H2. The van der Waals surface area contributed by atoms with E-state index in [1.54, 1.807) is 10.7 Å². The minimum absolute atomic E-state index is 0.647. The molecule has 0 radical (unpaired) electrons. The van der Waals surface area contributed by atoms with Crippen LogP contribution in [0.2, 0.25) is 0 Å². The molecule has 3 heterocycles. The van der Waals surface area contributed by atoms with Gasteiger partial charge in [0.05, 0.1) is 24.3 Å². The van der Waals surface area contributed by atoms with E-state index in [0.717, 1.165) is 31.1 Å². The first-order chi connectivity index (χ1) is 8.33. The average molecular weight is 231 g/mol. The first-order valence-corrected chi connectivity index (χ1v) is 6.11. The van der Waals surface area contributed by atoms with Crippen molar-refractivity contribution >= 4 is 11.3 Å². The van der Waals surface area contributed by atoms with Crippen LogP contribution in [0.4, 0.5) is 5.69 Å². The van der Waals surface area contributed by atoms with Crippen LogP contribution >= 0.6 is 0 Å². The largest absolute Gasteiger partial charge is 0.396 e. The summed E-state index contributed by atoms with van der Waals surface area (Å²) >= 11 is 0. The Morgan fingerprint density at radius 3 is 3.00 bits per heavy atom. The Balaban J connectivity index is 1.84. The molecule has 90 valence electrons. The predicted molar refractivity (Wildman–Crippen MR) is 66.7 cm³/mol. The number of hydrogen-bond donors (Lipinski definition) is 2. The molecule has 3 rings (SSSR count). The summed E-state index contributed by atoms with van der Waals surface area (Å²) in [5.41, 5.74) is 8.51. The van der Waals surface area contributed by atoms with E-state index in [9.17, 15) is 0 Å². The average Bonchev–Trinajstić information content (AvgIpc) is 2.73. The van der Waals surface area contributed by atoms with Crippen LogP contribution in [-0.4, -0.2) is 27.7 Å². The second kappa shape index (κ2) is 4.33. The highest BCUT2D eigenvalue weighted by molar-refractivity contribution is 5.49. The zero-order chi connectivity index (χ0) is 11.7. The van der Waals surface area contributed by atoms with E-state index in [0.29, 0.717) is 5.69 Å². The highest BCUT2D eigenvalue weighted by Crippen LogP contribution is 2.20. The van der Waals surface area contributed by atoms with Crippen molar-refractivity contribution in [1.29, 1.82) is 0 Å². The van der Waals surface area contributed by atoms with Crippen LogP contribution in [0.15, 0.2) is 18.6 Å². The summed E-state index contributed by atoms with van der Waals surface area (Å²) in [5, 5.41) is 7.69. The van der Waals surface area contributed by atoms with Gasteiger partial charge >= 0.3 is 0 Å². The van der Waals surface area contributed by atoms with Gasteiger partial charge in [-0.2, -0.15) is 5.10 Å². The van der Waals surface area contributed by atoms with Crippen LogP contribution in [0.3, 0.4) is 0 Å². The maximum Gasteiger partial charge on any atom is 0.158 e. The first kappa shape index (κ1) is 10.5. The van der Waals surface area contributed by atoms with Crippen molar-refractivity contribution in [1.82, 2.24) is 19.9 Å². The van der Waals surface area contributed by atoms with E-state index >= 15 is 0 Å². The number of nitrogens with zero attached hydrogens (tertiary/aromatic N) is 3. The van der Waals surface area contributed by atoms with E-state index in [-0.39, 0.29) is 0 Å². The molecule has 0 bridgehead atoms. The topological polar surface area (TPSA) is 68.2 Å². The summed E-state index contributed by atoms with van der Waals surface area (Å²) in [6, 6.07) is 0. The minimum atomic E-state index is 0.647. The Morgan fingerprint density at radius 1 is 1.35 bits per heavy atom. The van der Waals surface area contributed by atoms with Gasteiger partial charge in [-0.05, 0) is 38.3 Å². The number of hydrogen-bond acceptors (Lipinski definition) is 4. The molecule has 2 aromatic rings. The fourth-order valence-electron chi connectivity index (χ4n) is 2.48. The molecule has 0 atom stereocenters. The van der Waals surface area contributed by atoms with Gasteiger partial charge < -0.3 is 11.1 Å². The fourth-order valence-corrected chi connectivity index (χ4v) is 2.48. The van der Waals surface area contributed by atoms with Gasteiger partial charge in [0.1, 0.15) is 0 Å². The molecule has 3 N–H and O–H groups in total. The molecule has 0 aromatic carbocycles. The molecule has 0 spiro atoms. The lowest BCUT2D eigenvalue weighted by atomic mass is 9.92. The summed E-state index contributed by atoms with van der Waals surface area (Å²) in [6.45, 7) is 2.26. The third-order valence-electron chi connectivity index (χ3n) is 3.42. The number of piperidine rings is 1. The molecule has 5 nitrogen and oxygen atoms in total. The summed E-state index contributed by atoms with van der Waals surface area (Å²) in [7, 11) is 0. The van der Waals surface area contributed by atoms with Gasteiger partial charge in [-0.15, -0.1) is 0 Å². The normalized spacial score (nSPS) is 17.6. The lowest BCUT2D eigenvalue weighted by Crippen LogP contribution is -2.28. The summed E-state index contributed by atoms with van der Waals surface area (Å²) in [5.74, 6) is 0.753. The van der Waals surface area contributed by atoms with Crippen LogP contribution < -0.4 is 11.1 Å². The quantitative estimate of drug-likeness (QED) is 0.804. The van der Waals surface area contributed by atoms with Crippen molar-refractivity contribution in [3.8, 4) is 0 Å². The molecule has 2 aromatic heterocycles. The van der Waals surface area contributed by atoms with Crippen LogP contribution in [0, 0.1) is 5.92 Å². The summed E-state index contributed by atoms with van der Waals surface area (Å²) < 4.78 is 1.77. The van der Waals surface area contributed by atoms with Crippen molar-refractivity contribution in [2.24, 2.45) is 5.92 Å². The zero-order valence-corrected chi connectivity index (χ0v) is 9.76. The number of fused-ring (bicyclic) bond motifs is 1. The van der Waals surface area contributed by atoms with Crippen molar-refractivity contribution in [2.45, 2.75) is 19.3 Å². The van der Waals surface area contributed by atoms with Gasteiger partial charge in [-0.25, -0.2) is 9.50 Å². The Bertz CT molecular complexity index is 513. The lowest BCUT2D eigenvalue weighted by Gasteiger charge is -2.21. The molecule has 0 aliphatic carbocycles. The Kier molecular flexibility index (Phi) is 2.68. The van der Waals surface area contributed by atoms with E-state index in [1.807, 2.05) is 12.4 Å². The van der Waals surface area contributed by atoms with Gasteiger partial charge in [0, 0.05) is 5.56 Å². The van der Waals surface area contributed by atoms with Gasteiger partial charge in [-0.1, -0.05) is 0 Å². The molecule has 0 amide bonds. The molecule has 0 saturated carbocycles. The molecule has 17 heavy (non-hydrogen) atoms. The number of nitrogens with two attached hydrogens (primary N) is 1. The maximum atomic E-state index is 5.69. The number of aromatic nitrogens is 3. The number of nitrogens with one attached hydrogen (secondary N) is 1. The van der Waals surface area contributed by atoms with Crippen molar-refractivity contribution in [3.63, 3.8) is 0 Å². The second-order valence-corrected chi connectivity index (χ2v) is 4.72. The predicted octanol–water partition coefficient (Wildman–Crippen LogP) is 0.854. The van der Waals surface area contributed by atoms with E-state index in [4.69, 9.17) is 5.73 Å². The summed E-state index contributed by atoms with van der Waals surface area (Å²) in [6.07, 6.45) is 8.99. The zero-order valence-electron chi connectivity index (χ0n) is 9.76. The van der Waals surface area contributed by atoms with Crippen LogP contribution in [0.5, 0.6) is 0 Å². The number of nitrogen functional groups attached to an aromatic ring is 1. The number of anilines is 1. The van der Waals surface area contributed by atoms with Crippen LogP contribution in [0.1, 0.15) is 18.4 Å². The molecule has 0 unspecified atom stereocenters. The summed E-state index contributed by atoms with van der Waals surface area (Å²) in [4.78, 5) is 4.37. The Morgan fingerprint density at radius 2 is 2.18 bits per heavy atom. The van der Waals surface area contributed by atoms with Crippen LogP contribution in [-0.2, 0) is 6.42 Å². The molecular formula is C12H17N5. The van der Waals surface area contributed by atoms with E-state index < -0.39 is 0 Å². The van der Waals surface area contributed by atoms with Crippen molar-refractivity contribution < 1.29 is 0 Å². The van der Waals surface area contributed by atoms with Crippen molar-refractivity contribution in [2.75, 3.05) is 18.8 Å². The fraction of sp³-hybridized carbons (Fsp3) is 0.500. The number of rotatable bonds is 2. The second-order valence-electron chi connectivity index (χ2n) is 4.72. The molecule has 1 saturated heterocycles. The third kappa shape index (κ3) is 2.10. The monoisotopic (exact) mass is 231 g/mol. The van der Waals surface area contributed by atoms with E-state index in [1.165, 1.54) is 18.4 Å². The van der Waals surface area contributed by atoms with Gasteiger partial charge in [-0.3, -0.25) is 0 Å². The molecular weight excluding hydrogens is 214 g/mol. The Labute approximate surface area is 100 Å². The van der Waals surface area contributed by atoms with Gasteiger partial charge in [0.15, 0.2) is 5.65 Å². The van der Waals surface area contributed by atoms with Crippen LogP contribution in [0.25, 0.3) is 5.65 Å². The first-order valence-electron chi connectivity index (χ1n) is 6.11. The maximum absolute atomic E-state index is 5.69. The van der Waals surface area contributed by atoms with Crippen molar-refractivity contribution in [3.05, 3.63) is 24.2 Å². The van der Waals surface area contributed by atoms with Gasteiger partial charge in [0.25, 0.3) is 0 Å². The molecule has 1 aliphatic rings. The lowest BCUT2D eigenvalue weighted by molar-refractivity contribution is 0.373. The Hall–Kier alpha value is -1.62. The molecule has 5 heteroatoms. The SMILES string of the molecule is Nc1cnc2c(CC3CCNCC3)cnn2c1.